The molecule has 0 unspecified atom stereocenters. The molecule has 0 saturated heterocycles. The fourth-order valence-corrected chi connectivity index (χ4v) is 7.83. The smallest absolute Gasteiger partial charge is 0.269 e. The van der Waals surface area contributed by atoms with Gasteiger partial charge in [-0.3, -0.25) is 0 Å². The Bertz CT molecular complexity index is 2840. The number of rotatable bonds is 12. The molecule has 10 nitrogen and oxygen atoms in total. The van der Waals surface area contributed by atoms with E-state index in [-0.39, 0.29) is 36.7 Å². The molecule has 0 bridgehead atoms. The quantitative estimate of drug-likeness (QED) is 0.0895. The molecule has 0 aliphatic heterocycles. The molecule has 0 spiro atoms. The lowest BCUT2D eigenvalue weighted by Gasteiger charge is -2.18. The number of hydrogen-bond acceptors (Lipinski definition) is 7. The predicted octanol–water partition coefficient (Wildman–Crippen LogP) is 10.1. The van der Waals surface area contributed by atoms with Crippen LogP contribution in [0.5, 0.6) is 11.5 Å². The number of nitriles is 1. The molecule has 4 aromatic heterocycles. The van der Waals surface area contributed by atoms with Crippen LogP contribution in [0, 0.1) is 29.7 Å². The van der Waals surface area contributed by atoms with Crippen molar-refractivity contribution in [1.29, 1.82) is 5.26 Å². The van der Waals surface area contributed by atoms with Crippen molar-refractivity contribution in [3.05, 3.63) is 131 Å². The molecule has 0 aliphatic rings. The number of nitrogens with zero attached hydrogens (tertiary/aromatic N) is 6. The van der Waals surface area contributed by atoms with Gasteiger partial charge in [0.15, 0.2) is 11.2 Å². The molecule has 8 rings (SSSR count). The summed E-state index contributed by atoms with van der Waals surface area (Å²) >= 11 is 0. The molecule has 0 radical (unpaired) electrons. The topological polar surface area (TPSA) is 109 Å². The van der Waals surface area contributed by atoms with Gasteiger partial charge in [-0.15, -0.1) is 0 Å². The highest BCUT2D eigenvalue weighted by atomic mass is 16.5. The van der Waals surface area contributed by atoms with Crippen LogP contribution in [0.1, 0.15) is 39.5 Å². The molecule has 60 heavy (non-hydrogen) atoms. The molecule has 0 fully saturated rings. The first-order chi connectivity index (χ1) is 29.0. The molecule has 8 aromatic rings. The van der Waals surface area contributed by atoms with Crippen molar-refractivity contribution in [3.63, 3.8) is 0 Å². The summed E-state index contributed by atoms with van der Waals surface area (Å²) in [5, 5.41) is 14.1. The van der Waals surface area contributed by atoms with E-state index in [4.69, 9.17) is 34.8 Å². The molecule has 298 valence electrons. The van der Waals surface area contributed by atoms with Gasteiger partial charge in [-0.25, -0.2) is 14.8 Å². The molecule has 0 aliphatic carbocycles. The maximum Gasteiger partial charge on any atom is 0.269 e. The first-order valence-electron chi connectivity index (χ1n) is 20.5. The van der Waals surface area contributed by atoms with Gasteiger partial charge >= 0.3 is 0 Å². The van der Waals surface area contributed by atoms with Crippen molar-refractivity contribution in [3.8, 4) is 40.1 Å². The maximum absolute atomic E-state index is 11.4. The summed E-state index contributed by atoms with van der Waals surface area (Å²) in [6, 6.07) is 33.7. The third-order valence-electron chi connectivity index (χ3n) is 10.3. The van der Waals surface area contributed by atoms with Crippen LogP contribution in [-0.4, -0.2) is 45.8 Å². The van der Waals surface area contributed by atoms with Gasteiger partial charge in [0.2, 0.25) is 11.8 Å². The summed E-state index contributed by atoms with van der Waals surface area (Å²) in [5.74, 6) is 2.46. The van der Waals surface area contributed by atoms with Crippen LogP contribution in [0.4, 0.5) is 0 Å². The minimum atomic E-state index is -0.190. The van der Waals surface area contributed by atoms with Crippen molar-refractivity contribution in [2.24, 2.45) is 11.8 Å². The summed E-state index contributed by atoms with van der Waals surface area (Å²) in [4.78, 5) is 14.0. The first-order valence-corrected chi connectivity index (χ1v) is 20.5. The zero-order valence-electron chi connectivity index (χ0n) is 35.3. The number of benzene rings is 4. The number of aromatic nitrogens is 4. The Morgan fingerprint density at radius 2 is 1.15 bits per heavy atom. The van der Waals surface area contributed by atoms with Crippen LogP contribution < -0.4 is 20.2 Å². The molecule has 4 aromatic carbocycles. The Morgan fingerprint density at radius 3 is 1.62 bits per heavy atom. The highest BCUT2D eigenvalue weighted by molar-refractivity contribution is 6.56. The second-order valence-corrected chi connectivity index (χ2v) is 16.5. The largest absolute Gasteiger partial charge is 0.493 e. The van der Waals surface area contributed by atoms with E-state index in [9.17, 15) is 5.26 Å². The van der Waals surface area contributed by atoms with Crippen LogP contribution >= 0.6 is 0 Å². The van der Waals surface area contributed by atoms with E-state index in [1.54, 1.807) is 0 Å². The zero-order valence-corrected chi connectivity index (χ0v) is 35.3. The highest BCUT2D eigenvalue weighted by Gasteiger charge is 2.32. The summed E-state index contributed by atoms with van der Waals surface area (Å²) < 4.78 is 29.8. The van der Waals surface area contributed by atoms with Crippen LogP contribution in [0.3, 0.4) is 0 Å². The third-order valence-corrected chi connectivity index (χ3v) is 10.3. The van der Waals surface area contributed by atoms with Gasteiger partial charge < -0.3 is 27.3 Å². The Balaban J connectivity index is 1.66. The van der Waals surface area contributed by atoms with Gasteiger partial charge in [0, 0.05) is 38.6 Å². The number of fused-ring (bicyclic) bond motifs is 3. The van der Waals surface area contributed by atoms with Crippen molar-refractivity contribution in [1.82, 2.24) is 18.9 Å². The summed E-state index contributed by atoms with van der Waals surface area (Å²) in [7, 11) is 0. The molecule has 0 amide bonds. The number of para-hydroxylation sites is 4. The fraction of sp³-hybridized carbons (Fsp3) is 0.250. The zero-order chi connectivity index (χ0) is 42.2. The van der Waals surface area contributed by atoms with Crippen LogP contribution in [0.15, 0.2) is 106 Å². The van der Waals surface area contributed by atoms with Crippen LogP contribution in [-0.2, 0) is 0 Å². The predicted molar refractivity (Wildman–Crippen MR) is 242 cm³/mol. The van der Waals surface area contributed by atoms with Crippen molar-refractivity contribution in [2.45, 2.75) is 55.0 Å². The summed E-state index contributed by atoms with van der Waals surface area (Å²) in [5.41, 5.74) is 6.24. The van der Waals surface area contributed by atoms with Crippen molar-refractivity contribution < 1.29 is 18.3 Å². The summed E-state index contributed by atoms with van der Waals surface area (Å²) in [6.45, 7) is 26.5. The summed E-state index contributed by atoms with van der Waals surface area (Å²) in [6.07, 6.45) is 0. The lowest BCUT2D eigenvalue weighted by molar-refractivity contribution is 0.271. The van der Waals surface area contributed by atoms with E-state index in [0.29, 0.717) is 69.4 Å². The second kappa shape index (κ2) is 16.4. The van der Waals surface area contributed by atoms with Gasteiger partial charge in [0.1, 0.15) is 34.2 Å². The lowest BCUT2D eigenvalue weighted by atomic mass is 9.67. The molecule has 0 N–H and O–H groups in total. The average molecular weight is 793 g/mol. The van der Waals surface area contributed by atoms with E-state index in [0.717, 1.165) is 33.3 Å². The van der Waals surface area contributed by atoms with Gasteiger partial charge in [-0.05, 0) is 60.4 Å². The number of hydrogen-bond donors (Lipinski definition) is 0. The Morgan fingerprint density at radius 1 is 0.683 bits per heavy atom. The van der Waals surface area contributed by atoms with E-state index >= 15 is 0 Å². The maximum atomic E-state index is 11.4. The second-order valence-electron chi connectivity index (χ2n) is 16.5. The Labute approximate surface area is 350 Å². The first kappa shape index (κ1) is 39.9. The van der Waals surface area contributed by atoms with E-state index in [1.165, 1.54) is 0 Å². The standard InChI is InChI=1S/C48H46B2N6O4/c1-29(2)27-57-33-18-14-16-31(24-33)43-40-41(46(56(43)50(7)8)42(52-9)48-54-37-21-11-13-23-39(37)60-48)44(32-17-15-19-34(25-32)58-28-30(3)4)55(49(5)6)45(40)35(26-51)47-53-36-20-10-12-22-38(36)59-47/h10-25,29-30H,27-28H2,1-8H3/b45-35-,46-42+. The van der Waals surface area contributed by atoms with Crippen molar-refractivity contribution >= 4 is 57.9 Å². The molecule has 12 heteroatoms. The average Bonchev–Trinajstić information content (AvgIpc) is 4.01. The molecular formula is C48H46B2N6O4. The number of oxazole rings is 2. The fourth-order valence-electron chi connectivity index (χ4n) is 7.83. The molecular weight excluding hydrogens is 746 g/mol. The Kier molecular flexibility index (Phi) is 10.9. The normalized spacial score (nSPS) is 12.6. The highest BCUT2D eigenvalue weighted by Crippen LogP contribution is 2.38. The van der Waals surface area contributed by atoms with Crippen LogP contribution in [0.2, 0.25) is 27.3 Å². The van der Waals surface area contributed by atoms with Crippen LogP contribution in [0.25, 0.3) is 71.6 Å². The molecule has 0 saturated carbocycles. The minimum absolute atomic E-state index is 0.187. The minimum Gasteiger partial charge on any atom is -0.493 e. The van der Waals surface area contributed by atoms with Gasteiger partial charge in [-0.1, -0.05) is 104 Å². The van der Waals surface area contributed by atoms with Gasteiger partial charge in [0.25, 0.3) is 19.4 Å². The van der Waals surface area contributed by atoms with E-state index in [1.807, 2.05) is 84.9 Å². The van der Waals surface area contributed by atoms with E-state index < -0.39 is 0 Å². The Hall–Kier alpha value is -6.91. The SMILES string of the molecule is [C-]#[N+]/C(c1nc2ccccc2o1)=c1\c2c(-c3cccc(OCC(C)C)c3)n(B(C)C)/c(=C(/C#N)c3nc4ccccc4o3)c2c(-c2cccc(OCC(C)C)c2)n1B(C)C. The monoisotopic (exact) mass is 792 g/mol. The third kappa shape index (κ3) is 7.24. The number of ether oxygens (including phenoxy) is 2. The lowest BCUT2D eigenvalue weighted by Crippen LogP contribution is -2.34. The van der Waals surface area contributed by atoms with E-state index in [2.05, 4.69) is 87.0 Å². The molecule has 4 heterocycles. The van der Waals surface area contributed by atoms with Gasteiger partial charge in [0.05, 0.1) is 25.1 Å². The van der Waals surface area contributed by atoms with Crippen molar-refractivity contribution in [2.75, 3.05) is 13.2 Å². The van der Waals surface area contributed by atoms with Gasteiger partial charge in [-0.2, -0.15) is 5.26 Å². The molecule has 0 atom stereocenters.